The molecule has 0 saturated heterocycles. The summed E-state index contributed by atoms with van der Waals surface area (Å²) >= 11 is 0. The molecule has 0 amide bonds. The third-order valence-electron chi connectivity index (χ3n) is 12.3. The van der Waals surface area contributed by atoms with Crippen molar-refractivity contribution in [2.24, 2.45) is 0 Å². The van der Waals surface area contributed by atoms with Crippen molar-refractivity contribution >= 4 is 60.5 Å². The summed E-state index contributed by atoms with van der Waals surface area (Å²) in [6.07, 6.45) is 0. The molecule has 1 aliphatic rings. The Morgan fingerprint density at radius 3 is 1.52 bits per heavy atom. The van der Waals surface area contributed by atoms with Crippen LogP contribution in [0.25, 0.3) is 54.6 Å². The average molecular weight is 769 g/mol. The second-order valence-corrected chi connectivity index (χ2v) is 16.0. The Hall–Kier alpha value is -7.48. The van der Waals surface area contributed by atoms with Crippen molar-refractivity contribution in [3.63, 3.8) is 0 Å². The molecule has 1 nitrogen and oxygen atoms in total. The molecule has 0 fully saturated rings. The number of anilines is 3. The monoisotopic (exact) mass is 768 g/mol. The van der Waals surface area contributed by atoms with Crippen LogP contribution in [0, 0.1) is 0 Å². The molecule has 60 heavy (non-hydrogen) atoms. The van der Waals surface area contributed by atoms with Crippen molar-refractivity contribution in [1.29, 1.82) is 0 Å². The first-order valence-corrected chi connectivity index (χ1v) is 20.7. The van der Waals surface area contributed by atoms with Crippen LogP contribution in [-0.2, 0) is 5.41 Å². The molecule has 0 aromatic heterocycles. The van der Waals surface area contributed by atoms with Gasteiger partial charge in [0.05, 0.1) is 5.69 Å². The van der Waals surface area contributed by atoms with E-state index in [-0.39, 0.29) is 0 Å². The quantitative estimate of drug-likeness (QED) is 0.110. The van der Waals surface area contributed by atoms with Crippen molar-refractivity contribution in [2.45, 2.75) is 19.2 Å². The molecule has 0 aliphatic heterocycles. The fourth-order valence-electron chi connectivity index (χ4n) is 9.58. The Balaban J connectivity index is 1.22. The van der Waals surface area contributed by atoms with Crippen LogP contribution in [0.1, 0.15) is 51.3 Å². The van der Waals surface area contributed by atoms with Gasteiger partial charge in [-0.2, -0.15) is 0 Å². The standard InChI is InChI=1S/C59H43N/c1-59(2)52-38-45(40-20-8-3-9-21-40)36-43-32-33-44-37-46(39-53(59)58(44)57(43)52)55(41-22-10-4-11-23-41)56(42-24-12-5-13-25-42)51-34-35-54(50-31-19-18-30-49(50)51)60(47-26-14-6-15-27-47)48-28-16-7-17-29-48/h3-39H,1-2H3/b56-55+/i1D3. The van der Waals surface area contributed by atoms with Crippen molar-refractivity contribution in [2.75, 3.05) is 4.90 Å². The van der Waals surface area contributed by atoms with E-state index in [4.69, 9.17) is 0 Å². The Bertz CT molecular complexity index is 3320. The van der Waals surface area contributed by atoms with Crippen molar-refractivity contribution in [1.82, 2.24) is 0 Å². The van der Waals surface area contributed by atoms with E-state index < -0.39 is 12.3 Å². The van der Waals surface area contributed by atoms with E-state index in [1.54, 1.807) is 0 Å². The molecule has 10 aromatic carbocycles. The topological polar surface area (TPSA) is 3.24 Å². The molecule has 1 heteroatoms. The van der Waals surface area contributed by atoms with Crippen molar-refractivity contribution in [3.05, 3.63) is 258 Å². The van der Waals surface area contributed by atoms with Gasteiger partial charge in [0.25, 0.3) is 0 Å². The number of nitrogens with zero attached hydrogens (tertiary/aromatic N) is 1. The van der Waals surface area contributed by atoms with Gasteiger partial charge >= 0.3 is 0 Å². The summed E-state index contributed by atoms with van der Waals surface area (Å²) in [4.78, 5) is 2.33. The van der Waals surface area contributed by atoms with E-state index in [2.05, 4.69) is 211 Å². The summed E-state index contributed by atoms with van der Waals surface area (Å²) in [6.45, 7) is -0.405. The Morgan fingerprint density at radius 1 is 0.417 bits per heavy atom. The molecule has 0 radical (unpaired) electrons. The highest BCUT2D eigenvalue weighted by atomic mass is 15.1. The van der Waals surface area contributed by atoms with E-state index in [1.807, 2.05) is 25.1 Å². The maximum Gasteiger partial charge on any atom is 0.0540 e. The molecule has 10 aromatic rings. The summed E-state index contributed by atoms with van der Waals surface area (Å²) < 4.78 is 27.9. The fourth-order valence-corrected chi connectivity index (χ4v) is 9.58. The third-order valence-corrected chi connectivity index (χ3v) is 12.3. The number of hydrogen-bond donors (Lipinski definition) is 0. The number of rotatable bonds is 8. The van der Waals surface area contributed by atoms with Gasteiger partial charge in [0.2, 0.25) is 0 Å². The second-order valence-electron chi connectivity index (χ2n) is 16.0. The highest BCUT2D eigenvalue weighted by Gasteiger charge is 2.35. The zero-order chi connectivity index (χ0) is 42.7. The van der Waals surface area contributed by atoms with Gasteiger partial charge in [-0.3, -0.25) is 0 Å². The minimum atomic E-state index is -2.34. The molecule has 0 heterocycles. The van der Waals surface area contributed by atoms with Crippen LogP contribution < -0.4 is 4.90 Å². The molecule has 1 unspecified atom stereocenters. The van der Waals surface area contributed by atoms with Gasteiger partial charge in [0.1, 0.15) is 0 Å². The van der Waals surface area contributed by atoms with Gasteiger partial charge in [-0.1, -0.05) is 184 Å². The minimum absolute atomic E-state index is 0.836. The van der Waals surface area contributed by atoms with E-state index in [0.29, 0.717) is 0 Å². The van der Waals surface area contributed by atoms with Crippen LogP contribution in [0.3, 0.4) is 0 Å². The van der Waals surface area contributed by atoms with Crippen LogP contribution in [0.2, 0.25) is 0 Å². The summed E-state index contributed by atoms with van der Waals surface area (Å²) in [5, 5.41) is 6.36. The van der Waals surface area contributed by atoms with Crippen LogP contribution >= 0.6 is 0 Å². The highest BCUT2D eigenvalue weighted by molar-refractivity contribution is 6.18. The lowest BCUT2D eigenvalue weighted by molar-refractivity contribution is 0.663. The molecule has 0 spiro atoms. The Kier molecular flexibility index (Phi) is 7.80. The third kappa shape index (κ3) is 5.85. The smallest absolute Gasteiger partial charge is 0.0540 e. The number of fused-ring (bicyclic) bond motifs is 1. The summed E-state index contributed by atoms with van der Waals surface area (Å²) in [5.41, 5.74) is 12.0. The Morgan fingerprint density at radius 2 is 0.917 bits per heavy atom. The maximum atomic E-state index is 9.29. The van der Waals surface area contributed by atoms with Gasteiger partial charge in [-0.05, 0) is 137 Å². The van der Waals surface area contributed by atoms with Crippen LogP contribution in [0.15, 0.2) is 224 Å². The number of hydrogen-bond acceptors (Lipinski definition) is 1. The molecule has 1 aliphatic carbocycles. The first-order chi connectivity index (χ1) is 30.8. The average Bonchev–Trinajstić information content (AvgIpc) is 3.60. The SMILES string of the molecule is [2H]C([2H])([2H])C1(C)c2cc(/C(=C(\c3ccccc3)c3ccc(N(c4ccccc4)c4ccccc4)c4ccccc34)c3ccccc3)cc3ccc4cc(-c5ccccc5)cc1c4c23. The largest absolute Gasteiger partial charge is 0.310 e. The Labute approximate surface area is 356 Å². The summed E-state index contributed by atoms with van der Waals surface area (Å²) in [6, 6.07) is 79.0. The molecular formula is C59H43N. The highest BCUT2D eigenvalue weighted by Crippen LogP contribution is 2.52. The summed E-state index contributed by atoms with van der Waals surface area (Å²) in [7, 11) is 0. The lowest BCUT2D eigenvalue weighted by Gasteiger charge is -2.28. The molecule has 0 saturated carbocycles. The van der Waals surface area contributed by atoms with Crippen molar-refractivity contribution < 1.29 is 4.11 Å². The molecule has 284 valence electrons. The predicted molar refractivity (Wildman–Crippen MR) is 256 cm³/mol. The number of para-hydroxylation sites is 2. The van der Waals surface area contributed by atoms with Gasteiger partial charge in [0.15, 0.2) is 0 Å². The van der Waals surface area contributed by atoms with E-state index in [1.165, 1.54) is 0 Å². The maximum absolute atomic E-state index is 9.29. The van der Waals surface area contributed by atoms with Gasteiger partial charge in [-0.25, -0.2) is 0 Å². The molecular weight excluding hydrogens is 723 g/mol. The zero-order valence-electron chi connectivity index (χ0n) is 36.3. The first-order valence-electron chi connectivity index (χ1n) is 22.2. The van der Waals surface area contributed by atoms with Gasteiger partial charge in [0, 0.05) is 26.3 Å². The minimum Gasteiger partial charge on any atom is -0.310 e. The first kappa shape index (κ1) is 32.5. The van der Waals surface area contributed by atoms with Crippen LogP contribution in [0.4, 0.5) is 17.1 Å². The van der Waals surface area contributed by atoms with E-state index >= 15 is 0 Å². The van der Waals surface area contributed by atoms with Gasteiger partial charge < -0.3 is 4.90 Å². The normalized spacial score (nSPS) is 15.8. The molecule has 0 bridgehead atoms. The van der Waals surface area contributed by atoms with Crippen LogP contribution in [0.5, 0.6) is 0 Å². The van der Waals surface area contributed by atoms with Crippen molar-refractivity contribution in [3.8, 4) is 11.1 Å². The fraction of sp³-hybridized carbons (Fsp3) is 0.0508. The lowest BCUT2D eigenvalue weighted by Crippen LogP contribution is -2.16. The molecule has 1 atom stereocenters. The van der Waals surface area contributed by atoms with Crippen LogP contribution in [-0.4, -0.2) is 0 Å². The van der Waals surface area contributed by atoms with E-state index in [9.17, 15) is 4.11 Å². The number of benzene rings is 10. The second kappa shape index (κ2) is 14.4. The zero-order valence-corrected chi connectivity index (χ0v) is 33.3. The molecule has 11 rings (SSSR count). The molecule has 0 N–H and O–H groups in total. The summed E-state index contributed by atoms with van der Waals surface area (Å²) in [5.74, 6) is 0. The van der Waals surface area contributed by atoms with E-state index in [0.717, 1.165) is 105 Å². The predicted octanol–water partition coefficient (Wildman–Crippen LogP) is 15.9. The van der Waals surface area contributed by atoms with Gasteiger partial charge in [-0.15, -0.1) is 0 Å². The lowest BCUT2D eigenvalue weighted by atomic mass is 9.78.